The van der Waals surface area contributed by atoms with Crippen molar-refractivity contribution in [2.24, 2.45) is 0 Å². The van der Waals surface area contributed by atoms with E-state index in [1.165, 1.54) is 6.92 Å². The van der Waals surface area contributed by atoms with Crippen molar-refractivity contribution in [1.29, 1.82) is 0 Å². The van der Waals surface area contributed by atoms with Crippen molar-refractivity contribution in [2.45, 2.75) is 6.92 Å². The first-order chi connectivity index (χ1) is 10.6. The average molecular weight is 322 g/mol. The molecule has 7 heteroatoms. The quantitative estimate of drug-likeness (QED) is 0.710. The van der Waals surface area contributed by atoms with Gasteiger partial charge in [-0.15, -0.1) is 0 Å². The zero-order valence-electron chi connectivity index (χ0n) is 12.7. The smallest absolute Gasteiger partial charge is 0.221 e. The monoisotopic (exact) mass is 322 g/mol. The van der Waals surface area contributed by atoms with Gasteiger partial charge in [0.1, 0.15) is 0 Å². The van der Waals surface area contributed by atoms with E-state index in [2.05, 4.69) is 20.9 Å². The maximum atomic E-state index is 11.0. The second-order valence-electron chi connectivity index (χ2n) is 5.09. The van der Waals surface area contributed by atoms with E-state index in [9.17, 15) is 4.79 Å². The lowest BCUT2D eigenvalue weighted by Crippen LogP contribution is -2.42. The van der Waals surface area contributed by atoms with E-state index in [1.807, 2.05) is 24.3 Å². The van der Waals surface area contributed by atoms with Gasteiger partial charge in [0.2, 0.25) is 5.91 Å². The van der Waals surface area contributed by atoms with Gasteiger partial charge >= 0.3 is 0 Å². The van der Waals surface area contributed by atoms with Crippen molar-refractivity contribution < 1.29 is 9.53 Å². The molecule has 0 aromatic heterocycles. The number of nitrogens with one attached hydrogen (secondary N) is 3. The van der Waals surface area contributed by atoms with Crippen molar-refractivity contribution in [3.05, 3.63) is 24.3 Å². The Balaban J connectivity index is 1.68. The summed E-state index contributed by atoms with van der Waals surface area (Å²) in [5, 5.41) is 9.64. The fraction of sp³-hybridized carbons (Fsp3) is 0.467. The number of hydrogen-bond acceptors (Lipinski definition) is 4. The van der Waals surface area contributed by atoms with Crippen LogP contribution in [0.1, 0.15) is 6.92 Å². The lowest BCUT2D eigenvalue weighted by Gasteiger charge is -2.26. The molecule has 1 heterocycles. The number of thiocarbonyl (C=S) groups is 1. The second kappa shape index (κ2) is 8.67. The molecule has 2 rings (SSSR count). The molecular formula is C15H22N4O2S. The maximum absolute atomic E-state index is 11.0. The summed E-state index contributed by atoms with van der Waals surface area (Å²) >= 11 is 5.27. The Morgan fingerprint density at radius 3 is 2.36 bits per heavy atom. The van der Waals surface area contributed by atoms with Crippen LogP contribution in [-0.4, -0.2) is 55.3 Å². The number of benzene rings is 1. The number of morpholine rings is 1. The van der Waals surface area contributed by atoms with Gasteiger partial charge in [0.05, 0.1) is 13.2 Å². The van der Waals surface area contributed by atoms with Crippen LogP contribution in [0.2, 0.25) is 0 Å². The Kier molecular flexibility index (Phi) is 6.57. The molecule has 120 valence electrons. The highest BCUT2D eigenvalue weighted by Gasteiger charge is 2.09. The van der Waals surface area contributed by atoms with Gasteiger partial charge in [0.25, 0.3) is 0 Å². The average Bonchev–Trinajstić information content (AvgIpc) is 2.50. The van der Waals surface area contributed by atoms with Crippen molar-refractivity contribution in [3.63, 3.8) is 0 Å². The van der Waals surface area contributed by atoms with E-state index in [-0.39, 0.29) is 5.91 Å². The van der Waals surface area contributed by atoms with Gasteiger partial charge in [-0.25, -0.2) is 0 Å². The van der Waals surface area contributed by atoms with Crippen LogP contribution in [0.4, 0.5) is 11.4 Å². The summed E-state index contributed by atoms with van der Waals surface area (Å²) in [6.07, 6.45) is 0. The molecule has 1 aliphatic heterocycles. The van der Waals surface area contributed by atoms with Crippen molar-refractivity contribution in [1.82, 2.24) is 10.2 Å². The first kappa shape index (κ1) is 16.7. The van der Waals surface area contributed by atoms with E-state index in [0.717, 1.165) is 50.8 Å². The highest BCUT2D eigenvalue weighted by molar-refractivity contribution is 7.80. The molecule has 1 aromatic rings. The summed E-state index contributed by atoms with van der Waals surface area (Å²) in [7, 11) is 0. The lowest BCUT2D eigenvalue weighted by molar-refractivity contribution is -0.114. The predicted molar refractivity (Wildman–Crippen MR) is 92.2 cm³/mol. The molecule has 0 saturated carbocycles. The Morgan fingerprint density at radius 2 is 1.77 bits per heavy atom. The Labute approximate surface area is 136 Å². The molecule has 0 unspecified atom stereocenters. The second-order valence-corrected chi connectivity index (χ2v) is 5.50. The molecule has 0 radical (unpaired) electrons. The van der Waals surface area contributed by atoms with Gasteiger partial charge < -0.3 is 20.7 Å². The topological polar surface area (TPSA) is 65.6 Å². The molecule has 1 saturated heterocycles. The van der Waals surface area contributed by atoms with Crippen LogP contribution >= 0.6 is 12.2 Å². The minimum Gasteiger partial charge on any atom is -0.379 e. The van der Waals surface area contributed by atoms with Crippen LogP contribution in [0.3, 0.4) is 0 Å². The summed E-state index contributed by atoms with van der Waals surface area (Å²) in [6, 6.07) is 7.42. The minimum atomic E-state index is -0.0824. The number of ether oxygens (including phenoxy) is 1. The van der Waals surface area contributed by atoms with Crippen molar-refractivity contribution in [3.8, 4) is 0 Å². The van der Waals surface area contributed by atoms with Crippen LogP contribution in [-0.2, 0) is 9.53 Å². The summed E-state index contributed by atoms with van der Waals surface area (Å²) in [4.78, 5) is 13.3. The molecule has 0 aliphatic carbocycles. The normalized spacial score (nSPS) is 15.1. The summed E-state index contributed by atoms with van der Waals surface area (Å²) in [5.41, 5.74) is 1.65. The Morgan fingerprint density at radius 1 is 1.18 bits per heavy atom. The zero-order chi connectivity index (χ0) is 15.8. The van der Waals surface area contributed by atoms with E-state index in [0.29, 0.717) is 5.11 Å². The zero-order valence-corrected chi connectivity index (χ0v) is 13.5. The molecule has 22 heavy (non-hydrogen) atoms. The minimum absolute atomic E-state index is 0.0824. The van der Waals surface area contributed by atoms with Gasteiger partial charge in [0.15, 0.2) is 5.11 Å². The van der Waals surface area contributed by atoms with E-state index >= 15 is 0 Å². The van der Waals surface area contributed by atoms with Crippen LogP contribution in [0.5, 0.6) is 0 Å². The number of carbonyl (C=O) groups excluding carboxylic acids is 1. The van der Waals surface area contributed by atoms with Crippen LogP contribution in [0.25, 0.3) is 0 Å². The summed E-state index contributed by atoms with van der Waals surface area (Å²) in [5.74, 6) is -0.0824. The first-order valence-corrected chi connectivity index (χ1v) is 7.77. The number of nitrogens with zero attached hydrogens (tertiary/aromatic N) is 1. The lowest BCUT2D eigenvalue weighted by atomic mass is 10.3. The van der Waals surface area contributed by atoms with Crippen LogP contribution in [0.15, 0.2) is 24.3 Å². The number of anilines is 2. The van der Waals surface area contributed by atoms with Gasteiger partial charge in [0, 0.05) is 44.5 Å². The molecule has 3 N–H and O–H groups in total. The largest absolute Gasteiger partial charge is 0.379 e. The van der Waals surface area contributed by atoms with Gasteiger partial charge in [-0.1, -0.05) is 0 Å². The van der Waals surface area contributed by atoms with E-state index in [1.54, 1.807) is 0 Å². The maximum Gasteiger partial charge on any atom is 0.221 e. The molecule has 1 fully saturated rings. The molecule has 6 nitrogen and oxygen atoms in total. The van der Waals surface area contributed by atoms with Gasteiger partial charge in [-0.3, -0.25) is 9.69 Å². The van der Waals surface area contributed by atoms with Crippen LogP contribution in [0, 0.1) is 0 Å². The van der Waals surface area contributed by atoms with Gasteiger partial charge in [-0.2, -0.15) is 0 Å². The standard InChI is InChI=1S/C15H22N4O2S/c1-12(20)17-13-2-4-14(5-3-13)18-15(22)16-6-7-19-8-10-21-11-9-19/h2-5H,6-11H2,1H3,(H,17,20)(H2,16,18,22). The summed E-state index contributed by atoms with van der Waals surface area (Å²) < 4.78 is 5.31. The van der Waals surface area contributed by atoms with Gasteiger partial charge in [-0.05, 0) is 36.5 Å². The van der Waals surface area contributed by atoms with Crippen molar-refractivity contribution in [2.75, 3.05) is 50.0 Å². The molecule has 0 spiro atoms. The number of hydrogen-bond donors (Lipinski definition) is 3. The Hall–Kier alpha value is -1.70. The highest BCUT2D eigenvalue weighted by Crippen LogP contribution is 2.13. The van der Waals surface area contributed by atoms with Crippen molar-refractivity contribution >= 4 is 34.6 Å². The fourth-order valence-electron chi connectivity index (χ4n) is 2.17. The summed E-state index contributed by atoms with van der Waals surface area (Å²) in [6.45, 7) is 6.81. The molecule has 1 aliphatic rings. The fourth-order valence-corrected chi connectivity index (χ4v) is 2.39. The molecule has 0 bridgehead atoms. The third-order valence-corrected chi connectivity index (χ3v) is 3.53. The number of carbonyl (C=O) groups is 1. The van der Waals surface area contributed by atoms with E-state index in [4.69, 9.17) is 17.0 Å². The third kappa shape index (κ3) is 5.97. The highest BCUT2D eigenvalue weighted by atomic mass is 32.1. The molecule has 0 atom stereocenters. The number of rotatable bonds is 5. The molecular weight excluding hydrogens is 300 g/mol. The molecule has 1 aromatic carbocycles. The number of amides is 1. The Bertz CT molecular complexity index is 501. The SMILES string of the molecule is CC(=O)Nc1ccc(NC(=S)NCCN2CCOCC2)cc1. The predicted octanol–water partition coefficient (Wildman–Crippen LogP) is 1.26. The van der Waals surface area contributed by atoms with Crippen LogP contribution < -0.4 is 16.0 Å². The third-order valence-electron chi connectivity index (χ3n) is 3.28. The molecule has 1 amide bonds. The van der Waals surface area contributed by atoms with E-state index < -0.39 is 0 Å². The first-order valence-electron chi connectivity index (χ1n) is 7.36.